The Morgan fingerprint density at radius 2 is 1.93 bits per heavy atom. The van der Waals surface area contributed by atoms with Crippen LogP contribution in [0.25, 0.3) is 0 Å². The van der Waals surface area contributed by atoms with E-state index >= 15 is 0 Å². The van der Waals surface area contributed by atoms with Crippen molar-refractivity contribution >= 4 is 10.0 Å². The third kappa shape index (κ3) is 1.82. The zero-order chi connectivity index (χ0) is 10.3. The fourth-order valence-corrected chi connectivity index (χ4v) is 3.72. The SMILES string of the molecule is CC(C)S(=O)(=O)NC1CC2CCC1C2. The molecule has 4 heteroatoms. The summed E-state index contributed by atoms with van der Waals surface area (Å²) in [6, 6.07) is 0.237. The maximum atomic E-state index is 11.7. The molecule has 0 aromatic carbocycles. The van der Waals surface area contributed by atoms with Crippen LogP contribution in [-0.4, -0.2) is 19.7 Å². The Balaban J connectivity index is 1.99. The second kappa shape index (κ2) is 3.49. The van der Waals surface area contributed by atoms with Crippen LogP contribution in [0.2, 0.25) is 0 Å². The first-order valence-corrected chi connectivity index (χ1v) is 7.05. The number of fused-ring (bicyclic) bond motifs is 2. The maximum Gasteiger partial charge on any atom is 0.214 e. The van der Waals surface area contributed by atoms with Crippen LogP contribution in [0.15, 0.2) is 0 Å². The van der Waals surface area contributed by atoms with E-state index in [-0.39, 0.29) is 11.3 Å². The summed E-state index contributed by atoms with van der Waals surface area (Å²) in [5.74, 6) is 1.41. The van der Waals surface area contributed by atoms with Gasteiger partial charge < -0.3 is 0 Å². The van der Waals surface area contributed by atoms with Crippen LogP contribution in [0.5, 0.6) is 0 Å². The van der Waals surface area contributed by atoms with Crippen molar-refractivity contribution in [1.29, 1.82) is 0 Å². The van der Waals surface area contributed by atoms with E-state index in [1.807, 2.05) is 0 Å². The molecule has 0 amide bonds. The zero-order valence-corrected chi connectivity index (χ0v) is 9.68. The van der Waals surface area contributed by atoms with Crippen molar-refractivity contribution in [3.8, 4) is 0 Å². The predicted octanol–water partition coefficient (Wildman–Crippen LogP) is 1.50. The molecule has 0 saturated heterocycles. The van der Waals surface area contributed by atoms with E-state index in [1.54, 1.807) is 13.8 Å². The molecular weight excluding hydrogens is 198 g/mol. The average molecular weight is 217 g/mol. The third-order valence-corrected chi connectivity index (χ3v) is 5.55. The predicted molar refractivity (Wildman–Crippen MR) is 56.4 cm³/mol. The van der Waals surface area contributed by atoms with Crippen LogP contribution in [0, 0.1) is 11.8 Å². The van der Waals surface area contributed by atoms with Gasteiger partial charge in [-0.15, -0.1) is 0 Å². The summed E-state index contributed by atoms with van der Waals surface area (Å²) in [5, 5.41) is -0.304. The topological polar surface area (TPSA) is 46.2 Å². The molecule has 82 valence electrons. The summed E-state index contributed by atoms with van der Waals surface area (Å²) >= 11 is 0. The second-order valence-electron chi connectivity index (χ2n) is 4.99. The monoisotopic (exact) mass is 217 g/mol. The van der Waals surface area contributed by atoms with E-state index in [9.17, 15) is 8.42 Å². The first kappa shape index (κ1) is 10.4. The van der Waals surface area contributed by atoms with Gasteiger partial charge >= 0.3 is 0 Å². The van der Waals surface area contributed by atoms with Crippen LogP contribution >= 0.6 is 0 Å². The molecule has 0 heterocycles. The Morgan fingerprint density at radius 3 is 2.36 bits per heavy atom. The van der Waals surface area contributed by atoms with E-state index in [1.165, 1.54) is 19.3 Å². The number of hydrogen-bond donors (Lipinski definition) is 1. The molecule has 2 fully saturated rings. The van der Waals surface area contributed by atoms with Gasteiger partial charge in [-0.3, -0.25) is 0 Å². The largest absolute Gasteiger partial charge is 0.214 e. The van der Waals surface area contributed by atoms with E-state index in [4.69, 9.17) is 0 Å². The first-order valence-electron chi connectivity index (χ1n) is 5.50. The lowest BCUT2D eigenvalue weighted by atomic mass is 9.96. The van der Waals surface area contributed by atoms with Crippen molar-refractivity contribution < 1.29 is 8.42 Å². The molecular formula is C10H19NO2S. The minimum Gasteiger partial charge on any atom is -0.212 e. The van der Waals surface area contributed by atoms with Gasteiger partial charge in [0.1, 0.15) is 0 Å². The molecule has 1 N–H and O–H groups in total. The van der Waals surface area contributed by atoms with E-state index in [0.717, 1.165) is 12.3 Å². The number of sulfonamides is 1. The highest BCUT2D eigenvalue weighted by molar-refractivity contribution is 7.90. The summed E-state index contributed by atoms with van der Waals surface area (Å²) < 4.78 is 26.2. The lowest BCUT2D eigenvalue weighted by Gasteiger charge is -2.23. The Morgan fingerprint density at radius 1 is 1.21 bits per heavy atom. The lowest BCUT2D eigenvalue weighted by Crippen LogP contribution is -2.41. The smallest absolute Gasteiger partial charge is 0.212 e. The lowest BCUT2D eigenvalue weighted by molar-refractivity contribution is 0.389. The van der Waals surface area contributed by atoms with Gasteiger partial charge in [-0.1, -0.05) is 6.42 Å². The molecule has 0 aliphatic heterocycles. The summed E-state index contributed by atoms with van der Waals surface area (Å²) in [4.78, 5) is 0. The van der Waals surface area contributed by atoms with Gasteiger partial charge in [0.25, 0.3) is 0 Å². The molecule has 2 aliphatic rings. The van der Waals surface area contributed by atoms with Gasteiger partial charge in [0.15, 0.2) is 0 Å². The molecule has 3 unspecified atom stereocenters. The second-order valence-corrected chi connectivity index (χ2v) is 7.26. The fraction of sp³-hybridized carbons (Fsp3) is 1.00. The minimum atomic E-state index is -3.05. The Labute approximate surface area is 86.3 Å². The van der Waals surface area contributed by atoms with Crippen LogP contribution in [0.3, 0.4) is 0 Å². The summed E-state index contributed by atoms with van der Waals surface area (Å²) in [6.07, 6.45) is 4.84. The first-order chi connectivity index (χ1) is 6.49. The molecule has 2 saturated carbocycles. The number of rotatable bonds is 3. The highest BCUT2D eigenvalue weighted by atomic mass is 32.2. The van der Waals surface area contributed by atoms with Crippen molar-refractivity contribution in [1.82, 2.24) is 4.72 Å². The van der Waals surface area contributed by atoms with Gasteiger partial charge in [0, 0.05) is 6.04 Å². The summed E-state index contributed by atoms with van der Waals surface area (Å²) in [6.45, 7) is 3.46. The van der Waals surface area contributed by atoms with Gasteiger partial charge in [-0.2, -0.15) is 0 Å². The zero-order valence-electron chi connectivity index (χ0n) is 8.86. The molecule has 2 rings (SSSR count). The molecule has 3 atom stereocenters. The van der Waals surface area contributed by atoms with Crippen molar-refractivity contribution in [2.45, 2.75) is 50.8 Å². The Bertz CT molecular complexity index is 310. The van der Waals surface area contributed by atoms with Crippen LogP contribution in [0.1, 0.15) is 39.5 Å². The van der Waals surface area contributed by atoms with E-state index < -0.39 is 10.0 Å². The molecule has 0 aromatic rings. The number of nitrogens with one attached hydrogen (secondary N) is 1. The van der Waals surface area contributed by atoms with E-state index in [2.05, 4.69) is 4.72 Å². The molecule has 3 nitrogen and oxygen atoms in total. The molecule has 2 bridgehead atoms. The fourth-order valence-electron chi connectivity index (χ4n) is 2.74. The minimum absolute atomic E-state index is 0.237. The van der Waals surface area contributed by atoms with Gasteiger partial charge in [-0.25, -0.2) is 13.1 Å². The van der Waals surface area contributed by atoms with Crippen LogP contribution in [0.4, 0.5) is 0 Å². The van der Waals surface area contributed by atoms with Crippen LogP contribution in [-0.2, 0) is 10.0 Å². The third-order valence-electron chi connectivity index (χ3n) is 3.67. The molecule has 0 aromatic heterocycles. The Hall–Kier alpha value is -0.0900. The molecule has 14 heavy (non-hydrogen) atoms. The van der Waals surface area contributed by atoms with Gasteiger partial charge in [0.2, 0.25) is 10.0 Å². The van der Waals surface area contributed by atoms with Gasteiger partial charge in [0.05, 0.1) is 5.25 Å². The standard InChI is InChI=1S/C10H19NO2S/c1-7(2)14(12,13)11-10-6-8-3-4-9(10)5-8/h7-11H,3-6H2,1-2H3. The van der Waals surface area contributed by atoms with Crippen molar-refractivity contribution in [3.05, 3.63) is 0 Å². The molecule has 2 aliphatic carbocycles. The number of hydrogen-bond acceptors (Lipinski definition) is 2. The summed E-state index contributed by atoms with van der Waals surface area (Å²) in [7, 11) is -3.05. The molecule has 0 radical (unpaired) electrons. The normalized spacial score (nSPS) is 36.9. The highest BCUT2D eigenvalue weighted by Crippen LogP contribution is 2.44. The Kier molecular flexibility index (Phi) is 2.60. The summed E-state index contributed by atoms with van der Waals surface area (Å²) in [5.41, 5.74) is 0. The van der Waals surface area contributed by atoms with Crippen molar-refractivity contribution in [2.75, 3.05) is 0 Å². The molecule has 0 spiro atoms. The van der Waals surface area contributed by atoms with Crippen molar-refractivity contribution in [2.24, 2.45) is 11.8 Å². The quantitative estimate of drug-likeness (QED) is 0.778. The van der Waals surface area contributed by atoms with Gasteiger partial charge in [-0.05, 0) is 44.9 Å². The van der Waals surface area contributed by atoms with E-state index in [0.29, 0.717) is 5.92 Å². The highest BCUT2D eigenvalue weighted by Gasteiger charge is 2.41. The van der Waals surface area contributed by atoms with Crippen LogP contribution < -0.4 is 4.72 Å². The maximum absolute atomic E-state index is 11.7. The average Bonchev–Trinajstić information content (AvgIpc) is 2.63. The van der Waals surface area contributed by atoms with Crippen molar-refractivity contribution in [3.63, 3.8) is 0 Å².